The van der Waals surface area contributed by atoms with Crippen molar-refractivity contribution in [3.8, 4) is 11.5 Å². The van der Waals surface area contributed by atoms with E-state index < -0.39 is 18.2 Å². The first kappa shape index (κ1) is 23.9. The lowest BCUT2D eigenvalue weighted by molar-refractivity contribution is -0.149. The van der Waals surface area contributed by atoms with E-state index in [0.29, 0.717) is 48.7 Å². The van der Waals surface area contributed by atoms with Gasteiger partial charge in [-0.15, -0.1) is 0 Å². The monoisotopic (exact) mass is 461 g/mol. The number of benzene rings is 2. The van der Waals surface area contributed by atoms with Gasteiger partial charge in [0.2, 0.25) is 0 Å². The van der Waals surface area contributed by atoms with Crippen molar-refractivity contribution in [1.29, 1.82) is 0 Å². The van der Waals surface area contributed by atoms with E-state index in [4.69, 9.17) is 25.8 Å². The van der Waals surface area contributed by atoms with Gasteiger partial charge in [-0.3, -0.25) is 0 Å². The molecular weight excluding hydrogens is 434 g/mol. The highest BCUT2D eigenvalue weighted by atomic mass is 35.5. The molecule has 0 radical (unpaired) electrons. The Labute approximate surface area is 192 Å². The van der Waals surface area contributed by atoms with Crippen molar-refractivity contribution in [2.24, 2.45) is 5.92 Å². The van der Waals surface area contributed by atoms with E-state index in [2.05, 4.69) is 0 Å². The molecule has 0 saturated heterocycles. The summed E-state index contributed by atoms with van der Waals surface area (Å²) < 4.78 is 16.5. The smallest absolute Gasteiger partial charge is 0.415 e. The van der Waals surface area contributed by atoms with Crippen LogP contribution < -0.4 is 9.47 Å². The maximum Gasteiger partial charge on any atom is 0.415 e. The van der Waals surface area contributed by atoms with Gasteiger partial charge in [0.1, 0.15) is 12.4 Å². The predicted molar refractivity (Wildman–Crippen MR) is 120 cm³/mol. The Morgan fingerprint density at radius 1 is 1.16 bits per heavy atom. The van der Waals surface area contributed by atoms with Crippen LogP contribution in [-0.4, -0.2) is 54.5 Å². The zero-order valence-corrected chi connectivity index (χ0v) is 18.8. The SMILES string of the molecule is CCOC(Cc1ccc(OCCN(CC2CC2)C(=O)Oc2ccccc2Cl)cc1)C(=O)O. The maximum absolute atomic E-state index is 12.7. The third-order valence-corrected chi connectivity index (χ3v) is 5.40. The molecule has 7 nitrogen and oxygen atoms in total. The van der Waals surface area contributed by atoms with Gasteiger partial charge in [0.15, 0.2) is 11.9 Å². The van der Waals surface area contributed by atoms with Crippen LogP contribution >= 0.6 is 11.6 Å². The minimum atomic E-state index is -0.980. The Morgan fingerprint density at radius 2 is 1.88 bits per heavy atom. The Morgan fingerprint density at radius 3 is 2.50 bits per heavy atom. The Balaban J connectivity index is 1.51. The number of carboxylic acids is 1. The fraction of sp³-hybridized carbons (Fsp3) is 0.417. The number of hydrogen-bond donors (Lipinski definition) is 1. The van der Waals surface area contributed by atoms with Gasteiger partial charge in [-0.2, -0.15) is 0 Å². The van der Waals surface area contributed by atoms with Crippen LogP contribution in [-0.2, 0) is 16.0 Å². The van der Waals surface area contributed by atoms with Crippen LogP contribution in [0.2, 0.25) is 5.02 Å². The highest BCUT2D eigenvalue weighted by Gasteiger charge is 2.28. The van der Waals surface area contributed by atoms with E-state index >= 15 is 0 Å². The number of nitrogens with zero attached hydrogens (tertiary/aromatic N) is 1. The largest absolute Gasteiger partial charge is 0.492 e. The number of carbonyl (C=O) groups is 2. The van der Waals surface area contributed by atoms with Gasteiger partial charge in [0.25, 0.3) is 0 Å². The molecule has 1 saturated carbocycles. The molecule has 1 amide bonds. The first-order valence-electron chi connectivity index (χ1n) is 10.7. The molecule has 0 spiro atoms. The number of hydrogen-bond acceptors (Lipinski definition) is 5. The van der Waals surface area contributed by atoms with Gasteiger partial charge in [-0.25, -0.2) is 9.59 Å². The number of amides is 1. The zero-order valence-electron chi connectivity index (χ0n) is 18.0. The van der Waals surface area contributed by atoms with E-state index in [1.165, 1.54) is 0 Å². The summed E-state index contributed by atoms with van der Waals surface area (Å²) in [5.74, 6) is 0.498. The lowest BCUT2D eigenvalue weighted by atomic mass is 10.1. The normalized spacial score (nSPS) is 13.9. The molecule has 172 valence electrons. The van der Waals surface area contributed by atoms with Crippen molar-refractivity contribution in [1.82, 2.24) is 4.90 Å². The highest BCUT2D eigenvalue weighted by Crippen LogP contribution is 2.30. The summed E-state index contributed by atoms with van der Waals surface area (Å²) in [5.41, 5.74) is 0.844. The van der Waals surface area contributed by atoms with E-state index in [0.717, 1.165) is 18.4 Å². The summed E-state index contributed by atoms with van der Waals surface area (Å²) in [6.07, 6.45) is 1.19. The molecule has 1 fully saturated rings. The van der Waals surface area contributed by atoms with Crippen LogP contribution in [0.5, 0.6) is 11.5 Å². The van der Waals surface area contributed by atoms with Crippen molar-refractivity contribution in [2.45, 2.75) is 32.3 Å². The fourth-order valence-electron chi connectivity index (χ4n) is 3.18. The standard InChI is InChI=1S/C24H28ClNO6/c1-2-30-22(23(27)28)15-17-9-11-19(12-10-17)31-14-13-26(16-18-7-8-18)24(29)32-21-6-4-3-5-20(21)25/h3-6,9-12,18,22H,2,7-8,13-16H2,1H3,(H,27,28). The van der Waals surface area contributed by atoms with Crippen LogP contribution in [0.15, 0.2) is 48.5 Å². The summed E-state index contributed by atoms with van der Waals surface area (Å²) in [4.78, 5) is 25.5. The molecule has 0 bridgehead atoms. The van der Waals surface area contributed by atoms with Gasteiger partial charge in [-0.05, 0) is 55.5 Å². The summed E-state index contributed by atoms with van der Waals surface area (Å²) >= 11 is 6.09. The maximum atomic E-state index is 12.7. The van der Waals surface area contributed by atoms with Gasteiger partial charge in [0.05, 0.1) is 11.6 Å². The van der Waals surface area contributed by atoms with E-state index in [-0.39, 0.29) is 6.42 Å². The van der Waals surface area contributed by atoms with E-state index in [1.807, 2.05) is 12.1 Å². The van der Waals surface area contributed by atoms with Crippen molar-refractivity contribution < 1.29 is 28.9 Å². The second-order valence-corrected chi connectivity index (χ2v) is 8.07. The third-order valence-electron chi connectivity index (χ3n) is 5.09. The topological polar surface area (TPSA) is 85.3 Å². The number of carbonyl (C=O) groups excluding carboxylic acids is 1. The lowest BCUT2D eigenvalue weighted by Crippen LogP contribution is -2.38. The van der Waals surface area contributed by atoms with Crippen LogP contribution in [0, 0.1) is 5.92 Å². The first-order chi connectivity index (χ1) is 15.5. The Kier molecular flexibility index (Phi) is 8.76. The number of para-hydroxylation sites is 1. The number of carboxylic acid groups (broad SMARTS) is 1. The average Bonchev–Trinajstić information content (AvgIpc) is 3.59. The fourth-order valence-corrected chi connectivity index (χ4v) is 3.36. The second kappa shape index (κ2) is 11.7. The van der Waals surface area contributed by atoms with Crippen LogP contribution in [0.25, 0.3) is 0 Å². The molecule has 2 aromatic carbocycles. The molecule has 32 heavy (non-hydrogen) atoms. The first-order valence-corrected chi connectivity index (χ1v) is 11.1. The summed E-state index contributed by atoms with van der Waals surface area (Å²) in [6, 6.07) is 14.1. The quantitative estimate of drug-likeness (QED) is 0.494. The highest BCUT2D eigenvalue weighted by molar-refractivity contribution is 6.32. The molecule has 0 aromatic heterocycles. The molecule has 2 aromatic rings. The van der Waals surface area contributed by atoms with Crippen molar-refractivity contribution in [2.75, 3.05) is 26.3 Å². The number of halogens is 1. The number of aliphatic carboxylic acids is 1. The Bertz CT molecular complexity index is 900. The van der Waals surface area contributed by atoms with Crippen LogP contribution in [0.3, 0.4) is 0 Å². The number of rotatable bonds is 12. The van der Waals surface area contributed by atoms with E-state index in [9.17, 15) is 14.7 Å². The summed E-state index contributed by atoms with van der Waals surface area (Å²) in [7, 11) is 0. The molecule has 1 aliphatic rings. The van der Waals surface area contributed by atoms with Crippen LogP contribution in [0.1, 0.15) is 25.3 Å². The lowest BCUT2D eigenvalue weighted by Gasteiger charge is -2.22. The van der Waals surface area contributed by atoms with Gasteiger partial charge in [-0.1, -0.05) is 35.9 Å². The van der Waals surface area contributed by atoms with Crippen molar-refractivity contribution >= 4 is 23.7 Å². The summed E-state index contributed by atoms with van der Waals surface area (Å²) in [5, 5.41) is 9.60. The Hall–Kier alpha value is -2.77. The molecule has 0 aliphatic heterocycles. The molecule has 3 rings (SSSR count). The van der Waals surface area contributed by atoms with Gasteiger partial charge >= 0.3 is 12.1 Å². The van der Waals surface area contributed by atoms with Crippen LogP contribution in [0.4, 0.5) is 4.79 Å². The minimum absolute atomic E-state index is 0.284. The minimum Gasteiger partial charge on any atom is -0.492 e. The summed E-state index contributed by atoms with van der Waals surface area (Å²) in [6.45, 7) is 3.42. The zero-order chi connectivity index (χ0) is 22.9. The molecule has 1 unspecified atom stereocenters. The van der Waals surface area contributed by atoms with Gasteiger partial charge < -0.3 is 24.2 Å². The average molecular weight is 462 g/mol. The molecule has 8 heteroatoms. The van der Waals surface area contributed by atoms with E-state index in [1.54, 1.807) is 48.2 Å². The molecule has 1 atom stereocenters. The molecule has 1 N–H and O–H groups in total. The predicted octanol–water partition coefficient (Wildman–Crippen LogP) is 4.66. The number of ether oxygens (including phenoxy) is 3. The molecule has 0 heterocycles. The third kappa shape index (κ3) is 7.43. The van der Waals surface area contributed by atoms with Gasteiger partial charge in [0, 0.05) is 19.6 Å². The molecule has 1 aliphatic carbocycles. The van der Waals surface area contributed by atoms with Crippen molar-refractivity contribution in [3.05, 3.63) is 59.1 Å². The van der Waals surface area contributed by atoms with Crippen molar-refractivity contribution in [3.63, 3.8) is 0 Å². The second-order valence-electron chi connectivity index (χ2n) is 7.67. The molecular formula is C24H28ClNO6.